The Hall–Kier alpha value is -2.14. The number of esters is 1. The first-order valence-electron chi connectivity index (χ1n) is 8.44. The van der Waals surface area contributed by atoms with Crippen LogP contribution in [0.3, 0.4) is 0 Å². The number of amides is 1. The lowest BCUT2D eigenvalue weighted by Crippen LogP contribution is -2.57. The molecule has 0 aromatic heterocycles. The molecule has 5 heteroatoms. The minimum Gasteiger partial charge on any atom is -0.468 e. The molecule has 4 rings (SSSR count). The number of piperidine rings is 1. The monoisotopic (exact) mass is 327 g/mol. The Balaban J connectivity index is 1.72. The zero-order valence-corrected chi connectivity index (χ0v) is 13.6. The van der Waals surface area contributed by atoms with Gasteiger partial charge in [-0.1, -0.05) is 42.5 Å². The fourth-order valence-corrected chi connectivity index (χ4v) is 4.38. The first kappa shape index (κ1) is 15.4. The van der Waals surface area contributed by atoms with Crippen molar-refractivity contribution in [2.45, 2.75) is 25.1 Å². The molecule has 1 aromatic rings. The fraction of sp³-hybridized carbons (Fsp3) is 0.474. The van der Waals surface area contributed by atoms with Gasteiger partial charge < -0.3 is 14.4 Å². The van der Waals surface area contributed by atoms with Gasteiger partial charge in [0, 0.05) is 5.92 Å². The van der Waals surface area contributed by atoms with E-state index in [4.69, 9.17) is 9.47 Å². The molecule has 2 fully saturated rings. The number of allylic oxidation sites excluding steroid dienone is 2. The molecule has 1 aromatic carbocycles. The summed E-state index contributed by atoms with van der Waals surface area (Å²) in [5, 5.41) is 0. The highest BCUT2D eigenvalue weighted by Crippen LogP contribution is 2.47. The van der Waals surface area contributed by atoms with Crippen molar-refractivity contribution in [3.63, 3.8) is 0 Å². The van der Waals surface area contributed by atoms with Gasteiger partial charge >= 0.3 is 5.97 Å². The summed E-state index contributed by atoms with van der Waals surface area (Å²) >= 11 is 0. The van der Waals surface area contributed by atoms with E-state index in [-0.39, 0.29) is 30.0 Å². The lowest BCUT2D eigenvalue weighted by atomic mass is 9.70. The molecular formula is C19H21NO4. The smallest absolute Gasteiger partial charge is 0.318 e. The maximum absolute atomic E-state index is 13.2. The largest absolute Gasteiger partial charge is 0.468 e. The van der Waals surface area contributed by atoms with E-state index in [9.17, 15) is 9.59 Å². The predicted octanol–water partition coefficient (Wildman–Crippen LogP) is 2.30. The van der Waals surface area contributed by atoms with Crippen molar-refractivity contribution in [3.8, 4) is 0 Å². The highest BCUT2D eigenvalue weighted by atomic mass is 16.5. The van der Waals surface area contributed by atoms with Crippen LogP contribution in [-0.4, -0.2) is 36.7 Å². The van der Waals surface area contributed by atoms with Crippen LogP contribution in [0.25, 0.3) is 0 Å². The summed E-state index contributed by atoms with van der Waals surface area (Å²) in [7, 11) is 1.35. The quantitative estimate of drug-likeness (QED) is 0.475. The summed E-state index contributed by atoms with van der Waals surface area (Å²) in [6.07, 6.45) is 5.49. The third kappa shape index (κ3) is 2.26. The normalized spacial score (nSPS) is 34.6. The van der Waals surface area contributed by atoms with Gasteiger partial charge in [-0.05, 0) is 24.3 Å². The fourth-order valence-electron chi connectivity index (χ4n) is 4.38. The van der Waals surface area contributed by atoms with Crippen LogP contribution >= 0.6 is 0 Å². The van der Waals surface area contributed by atoms with Crippen LogP contribution in [0.15, 0.2) is 42.5 Å². The second kappa shape index (κ2) is 6.06. The Kier molecular flexibility index (Phi) is 3.88. The van der Waals surface area contributed by atoms with Crippen molar-refractivity contribution in [3.05, 3.63) is 48.0 Å². The molecule has 0 radical (unpaired) electrons. The average molecular weight is 327 g/mol. The van der Waals surface area contributed by atoms with E-state index in [0.29, 0.717) is 6.61 Å². The van der Waals surface area contributed by atoms with E-state index in [1.807, 2.05) is 30.3 Å². The topological polar surface area (TPSA) is 55.8 Å². The number of ether oxygens (including phenoxy) is 2. The van der Waals surface area contributed by atoms with Crippen LogP contribution in [0.1, 0.15) is 24.4 Å². The SMILES string of the molecule is COC(=O)C1C(=O)N2[C@H](OC[C@H]2c2ccccc2)[C@H]2CC=CC[C@@H]12. The number of benzene rings is 1. The molecule has 5 atom stereocenters. The van der Waals surface area contributed by atoms with E-state index < -0.39 is 11.9 Å². The third-order valence-corrected chi connectivity index (χ3v) is 5.52. The number of fused-ring (bicyclic) bond motifs is 3. The Labute approximate surface area is 141 Å². The van der Waals surface area contributed by atoms with Crippen molar-refractivity contribution < 1.29 is 19.1 Å². The number of rotatable bonds is 2. The van der Waals surface area contributed by atoms with Crippen LogP contribution in [0.5, 0.6) is 0 Å². The van der Waals surface area contributed by atoms with E-state index in [2.05, 4.69) is 12.2 Å². The van der Waals surface area contributed by atoms with Gasteiger partial charge in [0.05, 0.1) is 19.8 Å². The summed E-state index contributed by atoms with van der Waals surface area (Å²) in [6.45, 7) is 0.473. The molecule has 0 bridgehead atoms. The van der Waals surface area contributed by atoms with Gasteiger partial charge in [-0.2, -0.15) is 0 Å². The molecule has 5 nitrogen and oxygen atoms in total. The van der Waals surface area contributed by atoms with Crippen LogP contribution in [0.4, 0.5) is 0 Å². The first-order chi connectivity index (χ1) is 11.7. The van der Waals surface area contributed by atoms with Gasteiger partial charge in [0.2, 0.25) is 5.91 Å². The molecular weight excluding hydrogens is 306 g/mol. The number of carbonyl (C=O) groups is 2. The lowest BCUT2D eigenvalue weighted by Gasteiger charge is -2.46. The molecule has 2 aliphatic heterocycles. The zero-order chi connectivity index (χ0) is 16.7. The summed E-state index contributed by atoms with van der Waals surface area (Å²) < 4.78 is 11.0. The van der Waals surface area contributed by atoms with Crippen molar-refractivity contribution in [1.29, 1.82) is 0 Å². The molecule has 3 aliphatic rings. The van der Waals surface area contributed by atoms with Crippen molar-refractivity contribution >= 4 is 11.9 Å². The minimum absolute atomic E-state index is 0.0364. The van der Waals surface area contributed by atoms with Crippen LogP contribution < -0.4 is 0 Å². The Morgan fingerprint density at radius 1 is 1.17 bits per heavy atom. The van der Waals surface area contributed by atoms with E-state index in [1.54, 1.807) is 4.90 Å². The molecule has 1 amide bonds. The minimum atomic E-state index is -0.728. The van der Waals surface area contributed by atoms with Gasteiger partial charge in [0.1, 0.15) is 12.1 Å². The first-order valence-corrected chi connectivity index (χ1v) is 8.44. The zero-order valence-electron chi connectivity index (χ0n) is 13.6. The van der Waals surface area contributed by atoms with Crippen LogP contribution in [0.2, 0.25) is 0 Å². The predicted molar refractivity (Wildman–Crippen MR) is 86.6 cm³/mol. The van der Waals surface area contributed by atoms with Crippen molar-refractivity contribution in [1.82, 2.24) is 4.90 Å². The molecule has 1 unspecified atom stereocenters. The van der Waals surface area contributed by atoms with Crippen LogP contribution in [-0.2, 0) is 19.1 Å². The molecule has 126 valence electrons. The van der Waals surface area contributed by atoms with Gasteiger partial charge in [0.15, 0.2) is 0 Å². The highest BCUT2D eigenvalue weighted by Gasteiger charge is 2.56. The summed E-state index contributed by atoms with van der Waals surface area (Å²) in [5.41, 5.74) is 1.04. The van der Waals surface area contributed by atoms with E-state index >= 15 is 0 Å². The van der Waals surface area contributed by atoms with Gasteiger partial charge in [-0.25, -0.2) is 0 Å². The summed E-state index contributed by atoms with van der Waals surface area (Å²) in [6, 6.07) is 9.74. The van der Waals surface area contributed by atoms with Gasteiger partial charge in [-0.3, -0.25) is 9.59 Å². The average Bonchev–Trinajstić information content (AvgIpc) is 3.08. The Bertz CT molecular complexity index is 671. The standard InChI is InChI=1S/C19H21NO4/c1-23-19(22)16-13-9-5-6-10-14(13)18-20(17(16)21)15(11-24-18)12-7-3-2-4-8-12/h2-8,13-16,18H,9-11H2,1H3/t13-,14+,15+,16?,18-/m1/s1. The molecule has 24 heavy (non-hydrogen) atoms. The number of hydrogen-bond donors (Lipinski definition) is 0. The van der Waals surface area contributed by atoms with E-state index in [1.165, 1.54) is 7.11 Å². The van der Waals surface area contributed by atoms with Gasteiger partial charge in [-0.15, -0.1) is 0 Å². The molecule has 2 saturated heterocycles. The number of nitrogens with zero attached hydrogens (tertiary/aromatic N) is 1. The second-order valence-electron chi connectivity index (χ2n) is 6.67. The van der Waals surface area contributed by atoms with Crippen molar-refractivity contribution in [2.24, 2.45) is 17.8 Å². The van der Waals surface area contributed by atoms with E-state index in [0.717, 1.165) is 18.4 Å². The molecule has 2 heterocycles. The molecule has 1 aliphatic carbocycles. The van der Waals surface area contributed by atoms with Crippen molar-refractivity contribution in [2.75, 3.05) is 13.7 Å². The highest BCUT2D eigenvalue weighted by molar-refractivity contribution is 5.99. The molecule has 0 N–H and O–H groups in total. The maximum Gasteiger partial charge on any atom is 0.318 e. The Morgan fingerprint density at radius 3 is 2.58 bits per heavy atom. The second-order valence-corrected chi connectivity index (χ2v) is 6.67. The Morgan fingerprint density at radius 2 is 1.88 bits per heavy atom. The molecule has 0 saturated carbocycles. The summed E-state index contributed by atoms with van der Waals surface area (Å²) in [5.74, 6) is -1.21. The lowest BCUT2D eigenvalue weighted by molar-refractivity contribution is -0.174. The number of hydrogen-bond acceptors (Lipinski definition) is 4. The third-order valence-electron chi connectivity index (χ3n) is 5.52. The number of carbonyl (C=O) groups excluding carboxylic acids is 2. The summed E-state index contributed by atoms with van der Waals surface area (Å²) in [4.78, 5) is 27.3. The van der Waals surface area contributed by atoms with Gasteiger partial charge in [0.25, 0.3) is 0 Å². The molecule has 0 spiro atoms. The van der Waals surface area contributed by atoms with Crippen LogP contribution in [0, 0.1) is 17.8 Å². The maximum atomic E-state index is 13.2. The number of methoxy groups -OCH3 is 1.